The van der Waals surface area contributed by atoms with Crippen LogP contribution in [0.25, 0.3) is 95.2 Å². The van der Waals surface area contributed by atoms with Crippen molar-refractivity contribution in [3.8, 4) is 132 Å². The standard InChI is InChI=1S/C15H10O6.2C15H10O5.C15H12O4.C15H10O4.C9H8O2/c16-8-3-1-7(2-4-8)15-14(20)13(19)12-10(18)5-9(17)6-11(12)21-15;2*16-9-6-10(17)12-11(7-9)20-15(14(19)13(12)18)8-4-2-1-3-5-8;2*16-10-6-11(17)15-12(18)8-13(19-14(15)7-10)9-4-2-1-3-5-9;10-9(11)7-6-8-4-2-1-3-5-8/h1-6,16-18,20H;2*1-7,16-17,19H;1-7,13,16-17H,8H2;1-8,16-17H;1-7H,(H,10,11)/b;;;;;7-6+. The number of phenolic OH excluding ortho intramolecular Hbond substituents is 11. The lowest BCUT2D eigenvalue weighted by Gasteiger charge is -2.26. The van der Waals surface area contributed by atoms with Crippen LogP contribution in [0.3, 0.4) is 0 Å². The highest BCUT2D eigenvalue weighted by Crippen LogP contribution is 2.43. The molecule has 0 bridgehead atoms. The molecule has 15 aromatic rings. The van der Waals surface area contributed by atoms with Crippen LogP contribution in [0.1, 0.15) is 34.0 Å². The number of phenols is 11. The van der Waals surface area contributed by atoms with Crippen molar-refractivity contribution in [1.29, 1.82) is 0 Å². The smallest absolute Gasteiger partial charge is 0.328 e. The Bertz CT molecular complexity index is 6070. The summed E-state index contributed by atoms with van der Waals surface area (Å²) in [5.74, 6) is -5.33. The molecule has 0 spiro atoms. The largest absolute Gasteiger partial charge is 0.508 e. The molecule has 1 unspecified atom stereocenters. The van der Waals surface area contributed by atoms with Gasteiger partial charge in [-0.05, 0) is 41.5 Å². The quantitative estimate of drug-likeness (QED) is 0.0659. The monoisotopic (exact) mass is 1480 g/mol. The van der Waals surface area contributed by atoms with Gasteiger partial charge in [-0.15, -0.1) is 0 Å². The van der Waals surface area contributed by atoms with E-state index in [1.807, 2.05) is 91.0 Å². The molecule has 0 amide bonds. The molecule has 26 heteroatoms. The fourth-order valence-corrected chi connectivity index (χ4v) is 11.2. The maximum Gasteiger partial charge on any atom is 0.328 e. The zero-order chi connectivity index (χ0) is 78.6. The topological polar surface area (TPSA) is 468 Å². The fraction of sp³-hybridized carbons (Fsp3) is 0.0238. The van der Waals surface area contributed by atoms with Gasteiger partial charge in [0.15, 0.2) is 28.5 Å². The van der Waals surface area contributed by atoms with Gasteiger partial charge in [0.05, 0.1) is 6.42 Å². The first-order valence-electron chi connectivity index (χ1n) is 32.6. The summed E-state index contributed by atoms with van der Waals surface area (Å²) in [7, 11) is 0. The van der Waals surface area contributed by atoms with Crippen LogP contribution in [0.15, 0.2) is 286 Å². The van der Waals surface area contributed by atoms with Gasteiger partial charge in [-0.1, -0.05) is 152 Å². The number of ether oxygens (including phenoxy) is 1. The lowest BCUT2D eigenvalue weighted by atomic mass is 9.95. The number of hydrogen-bond donors (Lipinski definition) is 15. The highest BCUT2D eigenvalue weighted by molar-refractivity contribution is 6.03. The molecule has 0 aliphatic carbocycles. The highest BCUT2D eigenvalue weighted by atomic mass is 16.5. The van der Waals surface area contributed by atoms with Crippen molar-refractivity contribution in [2.75, 3.05) is 0 Å². The number of rotatable bonds is 7. The number of aromatic hydroxyl groups is 14. The molecule has 1 aliphatic rings. The number of carbonyl (C=O) groups is 2. The third kappa shape index (κ3) is 17.2. The molecule has 110 heavy (non-hydrogen) atoms. The van der Waals surface area contributed by atoms with E-state index in [-0.39, 0.29) is 142 Å². The van der Waals surface area contributed by atoms with Crippen LogP contribution < -0.4 is 26.5 Å². The summed E-state index contributed by atoms with van der Waals surface area (Å²) >= 11 is 0. The Hall–Kier alpha value is -15.9. The number of fused-ring (bicyclic) bond motifs is 5. The lowest BCUT2D eigenvalue weighted by molar-refractivity contribution is -0.131. The van der Waals surface area contributed by atoms with Gasteiger partial charge in [-0.25, -0.2) is 4.79 Å². The Labute approximate surface area is 617 Å². The SMILES string of the molecule is O=C(O)/C=C/c1ccccc1.O=C1CC(c2ccccc2)Oc2cc(O)cc(O)c21.O=c1c(O)c(-c2ccc(O)cc2)oc2cc(O)cc(O)c12.O=c1c(O)c(-c2ccccc2)oc2cc(O)cc(O)c12.O=c1c(O)c(-c2ccccc2)oc2cc(O)cc(O)c12.O=c1cc(-c2ccccc2)oc2cc(O)cc(O)c12. The fourth-order valence-electron chi connectivity index (χ4n) is 11.2. The second kappa shape index (κ2) is 32.9. The summed E-state index contributed by atoms with van der Waals surface area (Å²) in [6.07, 6.45) is 2.47. The van der Waals surface area contributed by atoms with Crippen molar-refractivity contribution in [3.05, 3.63) is 306 Å². The van der Waals surface area contributed by atoms with Crippen molar-refractivity contribution < 1.29 is 109 Å². The molecule has 0 saturated heterocycles. The molecule has 1 aliphatic heterocycles. The summed E-state index contributed by atoms with van der Waals surface area (Å²) in [5.41, 5.74) is 1.55. The van der Waals surface area contributed by atoms with Crippen LogP contribution >= 0.6 is 0 Å². The molecule has 552 valence electrons. The summed E-state index contributed by atoms with van der Waals surface area (Å²) < 4.78 is 27.6. The molecule has 11 aromatic carbocycles. The first-order chi connectivity index (χ1) is 52.7. The molecule has 26 nitrogen and oxygen atoms in total. The predicted molar refractivity (Wildman–Crippen MR) is 403 cm³/mol. The van der Waals surface area contributed by atoms with Crippen molar-refractivity contribution >= 4 is 61.7 Å². The normalized spacial score (nSPS) is 11.9. The van der Waals surface area contributed by atoms with Gasteiger partial charge in [-0.3, -0.25) is 24.0 Å². The second-order valence-corrected chi connectivity index (χ2v) is 23.9. The van der Waals surface area contributed by atoms with E-state index in [9.17, 15) is 100 Å². The van der Waals surface area contributed by atoms with Gasteiger partial charge >= 0.3 is 5.97 Å². The lowest BCUT2D eigenvalue weighted by Crippen LogP contribution is -2.20. The van der Waals surface area contributed by atoms with Gasteiger partial charge in [0.25, 0.3) is 0 Å². The van der Waals surface area contributed by atoms with Crippen LogP contribution in [0.2, 0.25) is 0 Å². The number of hydrogen-bond acceptors (Lipinski definition) is 25. The molecule has 1 atom stereocenters. The number of carboxylic acids is 1. The van der Waals surface area contributed by atoms with Gasteiger partial charge in [0.1, 0.15) is 130 Å². The molecule has 0 saturated carbocycles. The predicted octanol–water partition coefficient (Wildman–Crippen LogP) is 14.9. The molecule has 16 rings (SSSR count). The number of benzene rings is 11. The summed E-state index contributed by atoms with van der Waals surface area (Å²) in [6.45, 7) is 0. The van der Waals surface area contributed by atoms with Crippen molar-refractivity contribution in [3.63, 3.8) is 0 Å². The minimum atomic E-state index is -0.922. The summed E-state index contributed by atoms with van der Waals surface area (Å²) in [4.78, 5) is 70.5. The van der Waals surface area contributed by atoms with E-state index in [1.165, 1.54) is 60.7 Å². The minimum Gasteiger partial charge on any atom is -0.508 e. The molecule has 4 aromatic heterocycles. The third-order valence-corrected chi connectivity index (χ3v) is 16.2. The maximum atomic E-state index is 12.1. The molecule has 5 heterocycles. The number of aliphatic carboxylic acids is 1. The van der Waals surface area contributed by atoms with Gasteiger partial charge in [0.2, 0.25) is 33.5 Å². The van der Waals surface area contributed by atoms with E-state index >= 15 is 0 Å². The van der Waals surface area contributed by atoms with Crippen molar-refractivity contribution in [1.82, 2.24) is 0 Å². The average Bonchev–Trinajstić information content (AvgIpc) is 0.785. The van der Waals surface area contributed by atoms with Crippen molar-refractivity contribution in [2.45, 2.75) is 12.5 Å². The van der Waals surface area contributed by atoms with E-state index in [0.717, 1.165) is 53.1 Å². The maximum absolute atomic E-state index is 12.1. The Kier molecular flexibility index (Phi) is 22.5. The van der Waals surface area contributed by atoms with Crippen molar-refractivity contribution in [2.24, 2.45) is 0 Å². The highest BCUT2D eigenvalue weighted by Gasteiger charge is 2.31. The van der Waals surface area contributed by atoms with E-state index < -0.39 is 56.8 Å². The summed E-state index contributed by atoms with van der Waals surface area (Å²) in [6, 6.07) is 63.6. The summed E-state index contributed by atoms with van der Waals surface area (Å²) in [5, 5.41) is 143. The first-order valence-corrected chi connectivity index (χ1v) is 32.6. The molecular weight excluding hydrogens is 1420 g/mol. The number of carboxylic acid groups (broad SMARTS) is 1. The average molecular weight is 1490 g/mol. The van der Waals surface area contributed by atoms with Gasteiger partial charge < -0.3 is 99.0 Å². The Morgan fingerprint density at radius 1 is 0.345 bits per heavy atom. The van der Waals surface area contributed by atoms with Gasteiger partial charge in [0, 0.05) is 95.1 Å². The van der Waals surface area contributed by atoms with Crippen LogP contribution in [0, 0.1) is 0 Å². The van der Waals surface area contributed by atoms with Crippen LogP contribution in [0.4, 0.5) is 0 Å². The number of Topliss-reactive ketones (excluding diaryl/α,β-unsaturated/α-hetero) is 1. The molecular formula is C84H60O26. The molecule has 0 radical (unpaired) electrons. The van der Waals surface area contributed by atoms with Crippen LogP contribution in [-0.2, 0) is 4.79 Å². The minimum absolute atomic E-state index is 0.00385. The van der Waals surface area contributed by atoms with E-state index in [4.69, 9.17) is 27.5 Å². The third-order valence-electron chi connectivity index (χ3n) is 16.2. The van der Waals surface area contributed by atoms with E-state index in [1.54, 1.807) is 66.7 Å². The Morgan fingerprint density at radius 2 is 0.691 bits per heavy atom. The van der Waals surface area contributed by atoms with Crippen LogP contribution in [-0.4, -0.2) is 88.4 Å². The number of ketones is 1. The number of carbonyl (C=O) groups excluding carboxylic acids is 1. The molecule has 0 fully saturated rings. The Balaban J connectivity index is 0.000000132. The zero-order valence-corrected chi connectivity index (χ0v) is 56.7. The van der Waals surface area contributed by atoms with E-state index in [0.29, 0.717) is 22.5 Å². The molecule has 15 N–H and O–H groups in total. The first kappa shape index (κ1) is 75.3. The van der Waals surface area contributed by atoms with E-state index in [2.05, 4.69) is 0 Å². The van der Waals surface area contributed by atoms with Gasteiger partial charge in [-0.2, -0.15) is 0 Å². The Morgan fingerprint density at radius 3 is 1.10 bits per heavy atom. The van der Waals surface area contributed by atoms with Crippen LogP contribution in [0.5, 0.6) is 86.2 Å². The zero-order valence-electron chi connectivity index (χ0n) is 56.7. The second-order valence-electron chi connectivity index (χ2n) is 23.9.